The summed E-state index contributed by atoms with van der Waals surface area (Å²) in [6.45, 7) is 3.93. The third kappa shape index (κ3) is 5.55. The van der Waals surface area contributed by atoms with Crippen molar-refractivity contribution in [3.8, 4) is 45.4 Å². The Morgan fingerprint density at radius 1 is 0.941 bits per heavy atom. The molecule has 0 spiro atoms. The second kappa shape index (κ2) is 11.9. The first-order chi connectivity index (χ1) is 15.8. The number of halogens is 1. The van der Waals surface area contributed by atoms with Gasteiger partial charge < -0.3 is 42.4 Å². The van der Waals surface area contributed by atoms with E-state index in [0.717, 1.165) is 22.4 Å². The molecule has 1 atom stereocenters. The first-order valence-electron chi connectivity index (χ1n) is 10.4. The molecule has 1 aromatic heterocycles. The highest BCUT2D eigenvalue weighted by Gasteiger charge is 2.23. The largest absolute Gasteiger partial charge is 1.00 e. The zero-order valence-corrected chi connectivity index (χ0v) is 21.7. The van der Waals surface area contributed by atoms with E-state index < -0.39 is 0 Å². The number of amides is 1. The number of hydrogen-bond donors (Lipinski definition) is 2. The van der Waals surface area contributed by atoms with E-state index in [4.69, 9.17) is 18.9 Å². The van der Waals surface area contributed by atoms with Gasteiger partial charge in [-0.1, -0.05) is 19.9 Å². The van der Waals surface area contributed by atoms with Crippen LogP contribution in [0.2, 0.25) is 0 Å². The minimum Gasteiger partial charge on any atom is -1.00 e. The van der Waals surface area contributed by atoms with E-state index in [1.165, 1.54) is 11.5 Å². The van der Waals surface area contributed by atoms with E-state index in [2.05, 4.69) is 15.4 Å². The summed E-state index contributed by atoms with van der Waals surface area (Å²) in [6, 6.07) is 8.99. The molecule has 8 nitrogen and oxygen atoms in total. The molecule has 10 heteroatoms. The Labute approximate surface area is 209 Å². The lowest BCUT2D eigenvalue weighted by Crippen LogP contribution is -3.00. The SMILES string of the molecule is COc1ccc(-c2csnc2-c2cc(OC)c(OC)c(OC)c2)cc1NC(=O)[C@@H]([NH3+])C(C)C.[Cl-]. The molecule has 0 aliphatic heterocycles. The summed E-state index contributed by atoms with van der Waals surface area (Å²) in [5, 5.41) is 4.92. The maximum atomic E-state index is 12.6. The van der Waals surface area contributed by atoms with Crippen molar-refractivity contribution in [1.82, 2.24) is 4.37 Å². The van der Waals surface area contributed by atoms with Crippen molar-refractivity contribution >= 4 is 23.1 Å². The van der Waals surface area contributed by atoms with E-state index in [1.54, 1.807) is 28.4 Å². The second-order valence-electron chi connectivity index (χ2n) is 7.75. The predicted molar refractivity (Wildman–Crippen MR) is 129 cm³/mol. The zero-order valence-electron chi connectivity index (χ0n) is 20.1. The number of nitrogens with zero attached hydrogens (tertiary/aromatic N) is 1. The van der Waals surface area contributed by atoms with Crippen LogP contribution in [0.15, 0.2) is 35.7 Å². The van der Waals surface area contributed by atoms with Crippen molar-refractivity contribution in [2.75, 3.05) is 33.8 Å². The van der Waals surface area contributed by atoms with Crippen LogP contribution in [-0.4, -0.2) is 44.8 Å². The molecule has 0 unspecified atom stereocenters. The van der Waals surface area contributed by atoms with Gasteiger partial charge in [-0.3, -0.25) is 4.79 Å². The minimum absolute atomic E-state index is 0. The van der Waals surface area contributed by atoms with Crippen LogP contribution >= 0.6 is 11.5 Å². The lowest BCUT2D eigenvalue weighted by Gasteiger charge is -2.16. The molecule has 34 heavy (non-hydrogen) atoms. The number of anilines is 1. The van der Waals surface area contributed by atoms with Gasteiger partial charge in [0.25, 0.3) is 5.91 Å². The van der Waals surface area contributed by atoms with Crippen molar-refractivity contribution in [3.63, 3.8) is 0 Å². The Hall–Kier alpha value is -3.01. The summed E-state index contributed by atoms with van der Waals surface area (Å²) in [7, 11) is 6.29. The first-order valence-corrected chi connectivity index (χ1v) is 11.2. The van der Waals surface area contributed by atoms with Crippen LogP contribution in [-0.2, 0) is 4.79 Å². The van der Waals surface area contributed by atoms with Gasteiger partial charge in [-0.15, -0.1) is 0 Å². The number of nitrogens with one attached hydrogen (secondary N) is 1. The number of aromatic nitrogens is 1. The van der Waals surface area contributed by atoms with Crippen LogP contribution in [0.1, 0.15) is 13.8 Å². The van der Waals surface area contributed by atoms with Crippen LogP contribution < -0.4 is 42.4 Å². The molecule has 0 aliphatic carbocycles. The maximum Gasteiger partial charge on any atom is 0.282 e. The topological polar surface area (TPSA) is 107 Å². The second-order valence-corrected chi connectivity index (χ2v) is 8.37. The van der Waals surface area contributed by atoms with Gasteiger partial charge in [-0.05, 0) is 41.4 Å². The minimum atomic E-state index is -0.379. The molecule has 2 aromatic carbocycles. The third-order valence-electron chi connectivity index (χ3n) is 5.42. The molecule has 184 valence electrons. The van der Waals surface area contributed by atoms with Crippen LogP contribution in [0.4, 0.5) is 5.69 Å². The lowest BCUT2D eigenvalue weighted by atomic mass is 10.00. The van der Waals surface area contributed by atoms with Gasteiger partial charge in [0.2, 0.25) is 5.75 Å². The molecule has 0 saturated carbocycles. The fraction of sp³-hybridized carbons (Fsp3) is 0.333. The Morgan fingerprint density at radius 2 is 1.56 bits per heavy atom. The monoisotopic (exact) mass is 507 g/mol. The summed E-state index contributed by atoms with van der Waals surface area (Å²) in [6.07, 6.45) is 0. The molecular weight excluding hydrogens is 478 g/mol. The van der Waals surface area contributed by atoms with Gasteiger partial charge >= 0.3 is 0 Å². The molecule has 3 rings (SSSR count). The Morgan fingerprint density at radius 3 is 2.09 bits per heavy atom. The van der Waals surface area contributed by atoms with Crippen molar-refractivity contribution in [1.29, 1.82) is 0 Å². The van der Waals surface area contributed by atoms with E-state index in [9.17, 15) is 4.79 Å². The smallest absolute Gasteiger partial charge is 0.282 e. The first kappa shape index (κ1) is 27.2. The highest BCUT2D eigenvalue weighted by atomic mass is 35.5. The Balaban J connectivity index is 0.00000408. The Bertz CT molecular complexity index is 1110. The average molecular weight is 508 g/mol. The number of hydrogen-bond acceptors (Lipinski definition) is 7. The molecule has 0 saturated heterocycles. The van der Waals surface area contributed by atoms with Crippen LogP contribution in [0.25, 0.3) is 22.4 Å². The molecule has 3 aromatic rings. The van der Waals surface area contributed by atoms with Gasteiger partial charge in [0.15, 0.2) is 17.5 Å². The Kier molecular flexibility index (Phi) is 9.55. The van der Waals surface area contributed by atoms with Crippen molar-refractivity contribution in [2.24, 2.45) is 5.92 Å². The maximum absolute atomic E-state index is 12.6. The predicted octanol–water partition coefficient (Wildman–Crippen LogP) is 0.721. The van der Waals surface area contributed by atoms with E-state index >= 15 is 0 Å². The highest BCUT2D eigenvalue weighted by molar-refractivity contribution is 7.04. The molecule has 0 fully saturated rings. The number of quaternary nitrogens is 1. The summed E-state index contributed by atoms with van der Waals surface area (Å²) >= 11 is 1.34. The van der Waals surface area contributed by atoms with Gasteiger partial charge in [0, 0.05) is 22.4 Å². The number of carbonyl (C=O) groups is 1. The molecule has 4 N–H and O–H groups in total. The van der Waals surface area contributed by atoms with Crippen molar-refractivity contribution in [2.45, 2.75) is 19.9 Å². The van der Waals surface area contributed by atoms with E-state index in [1.807, 2.05) is 49.6 Å². The fourth-order valence-corrected chi connectivity index (χ4v) is 4.08. The summed E-state index contributed by atoms with van der Waals surface area (Å²) < 4.78 is 26.5. The number of benzene rings is 2. The van der Waals surface area contributed by atoms with Gasteiger partial charge in [0.1, 0.15) is 5.75 Å². The number of rotatable bonds is 9. The van der Waals surface area contributed by atoms with Crippen LogP contribution in [0.5, 0.6) is 23.0 Å². The van der Waals surface area contributed by atoms with Gasteiger partial charge in [0.05, 0.1) is 39.8 Å². The van der Waals surface area contributed by atoms with Gasteiger partial charge in [-0.25, -0.2) is 0 Å². The molecule has 0 bridgehead atoms. The van der Waals surface area contributed by atoms with Gasteiger partial charge in [-0.2, -0.15) is 4.37 Å². The molecule has 0 aliphatic rings. The molecular formula is C24H30ClN3O5S. The molecule has 0 radical (unpaired) electrons. The summed E-state index contributed by atoms with van der Waals surface area (Å²) in [5.74, 6) is 2.14. The standard InChI is InChI=1S/C24H29N3O5S.ClH/c1-13(2)21(25)24(28)26-17-9-14(7-8-18(17)29-3)16-12-33-27-22(16)15-10-19(30-4)23(32-6)20(11-15)31-5;/h7-13,21H,25H2,1-6H3,(H,26,28);1H/t21-;/m0./s1. The van der Waals surface area contributed by atoms with Crippen molar-refractivity contribution in [3.05, 3.63) is 35.7 Å². The zero-order chi connectivity index (χ0) is 24.1. The quantitative estimate of drug-likeness (QED) is 0.442. The van der Waals surface area contributed by atoms with E-state index in [-0.39, 0.29) is 30.3 Å². The van der Waals surface area contributed by atoms with Crippen LogP contribution in [0, 0.1) is 5.92 Å². The molecule has 1 amide bonds. The third-order valence-corrected chi connectivity index (χ3v) is 6.05. The highest BCUT2D eigenvalue weighted by Crippen LogP contribution is 2.44. The number of methoxy groups -OCH3 is 4. The lowest BCUT2D eigenvalue weighted by molar-refractivity contribution is -0.412. The van der Waals surface area contributed by atoms with Crippen molar-refractivity contribution < 1.29 is 41.9 Å². The molecule has 1 heterocycles. The summed E-state index contributed by atoms with van der Waals surface area (Å²) in [4.78, 5) is 12.6. The normalized spacial score (nSPS) is 11.4. The summed E-state index contributed by atoms with van der Waals surface area (Å²) in [5.41, 5.74) is 7.92. The number of ether oxygens (including phenoxy) is 4. The number of carbonyl (C=O) groups excluding carboxylic acids is 1. The fourth-order valence-electron chi connectivity index (χ4n) is 3.37. The average Bonchev–Trinajstić information content (AvgIpc) is 3.32. The van der Waals surface area contributed by atoms with Crippen LogP contribution in [0.3, 0.4) is 0 Å². The van der Waals surface area contributed by atoms with E-state index in [0.29, 0.717) is 28.7 Å².